The minimum Gasteiger partial charge on any atom is -0.349 e. The van der Waals surface area contributed by atoms with Gasteiger partial charge in [0.25, 0.3) is 0 Å². The number of hydrogen-bond acceptors (Lipinski definition) is 1. The number of carbonyl (C=O) groups is 1. The summed E-state index contributed by atoms with van der Waals surface area (Å²) in [6, 6.07) is 8.54. The van der Waals surface area contributed by atoms with Gasteiger partial charge in [-0.1, -0.05) is 54.0 Å². The van der Waals surface area contributed by atoms with Crippen LogP contribution in [0.5, 0.6) is 0 Å². The Kier molecular flexibility index (Phi) is 5.69. The molecule has 1 unspecified atom stereocenters. The third kappa shape index (κ3) is 4.90. The van der Waals surface area contributed by atoms with Crippen LogP contribution < -0.4 is 5.32 Å². The van der Waals surface area contributed by atoms with Crippen molar-refractivity contribution in [2.24, 2.45) is 5.92 Å². The molecule has 17 heavy (non-hydrogen) atoms. The summed E-state index contributed by atoms with van der Waals surface area (Å²) < 4.78 is 0. The van der Waals surface area contributed by atoms with Crippen molar-refractivity contribution in [3.63, 3.8) is 0 Å². The van der Waals surface area contributed by atoms with Crippen molar-refractivity contribution in [1.29, 1.82) is 0 Å². The number of alkyl halides is 1. The van der Waals surface area contributed by atoms with E-state index in [0.717, 1.165) is 12.0 Å². The zero-order chi connectivity index (χ0) is 12.8. The van der Waals surface area contributed by atoms with Crippen LogP contribution in [0, 0.1) is 5.92 Å². The molecule has 1 aromatic rings. The van der Waals surface area contributed by atoms with Gasteiger partial charge in [-0.15, -0.1) is 0 Å². The highest BCUT2D eigenvalue weighted by molar-refractivity contribution is 9.09. The third-order valence-electron chi connectivity index (χ3n) is 2.62. The number of carbonyl (C=O) groups excluding carboxylic acids is 1. The van der Waals surface area contributed by atoms with E-state index in [1.807, 2.05) is 6.92 Å². The Labute approximate surface area is 112 Å². The maximum absolute atomic E-state index is 11.2. The maximum Gasteiger partial charge on any atom is 0.231 e. The van der Waals surface area contributed by atoms with Crippen LogP contribution in [0.3, 0.4) is 0 Å². The molecule has 0 fully saturated rings. The van der Waals surface area contributed by atoms with E-state index in [2.05, 4.69) is 59.4 Å². The predicted octanol–water partition coefficient (Wildman–Crippen LogP) is 3.46. The highest BCUT2D eigenvalue weighted by Crippen LogP contribution is 2.15. The number of amides is 1. The minimum absolute atomic E-state index is 0.0174. The zero-order valence-corrected chi connectivity index (χ0v) is 12.3. The van der Waals surface area contributed by atoms with E-state index in [-0.39, 0.29) is 11.9 Å². The van der Waals surface area contributed by atoms with Crippen molar-refractivity contribution in [2.45, 2.75) is 33.2 Å². The van der Waals surface area contributed by atoms with E-state index in [9.17, 15) is 4.79 Å². The van der Waals surface area contributed by atoms with Crippen LogP contribution in [0.15, 0.2) is 24.3 Å². The molecule has 1 rings (SSSR count). The lowest BCUT2D eigenvalue weighted by atomic mass is 10.00. The molecule has 0 heterocycles. The third-order valence-corrected chi connectivity index (χ3v) is 3.13. The molecule has 0 aliphatic carbocycles. The van der Waals surface area contributed by atoms with Crippen molar-refractivity contribution in [3.8, 4) is 0 Å². The Morgan fingerprint density at radius 2 is 1.82 bits per heavy atom. The summed E-state index contributed by atoms with van der Waals surface area (Å²) >= 11 is 3.14. The molecule has 0 bridgehead atoms. The molecule has 2 nitrogen and oxygen atoms in total. The van der Waals surface area contributed by atoms with Crippen LogP contribution in [0.1, 0.15) is 37.9 Å². The van der Waals surface area contributed by atoms with Gasteiger partial charge in [0.2, 0.25) is 5.91 Å². The van der Waals surface area contributed by atoms with Gasteiger partial charge >= 0.3 is 0 Å². The maximum atomic E-state index is 11.2. The monoisotopic (exact) mass is 297 g/mol. The zero-order valence-electron chi connectivity index (χ0n) is 10.7. The Bertz CT molecular complexity index is 359. The summed E-state index contributed by atoms with van der Waals surface area (Å²) in [6.45, 7) is 6.43. The van der Waals surface area contributed by atoms with Gasteiger partial charge in [-0.3, -0.25) is 4.79 Å². The molecule has 3 heteroatoms. The molecule has 0 saturated carbocycles. The van der Waals surface area contributed by atoms with E-state index in [1.165, 1.54) is 5.56 Å². The first-order valence-corrected chi connectivity index (χ1v) is 7.09. The SMILES string of the molecule is CC(C)Cc1ccc(C(C)NC(=O)CBr)cc1. The Hall–Kier alpha value is -0.830. The molecule has 0 aliphatic rings. The molecule has 94 valence electrons. The van der Waals surface area contributed by atoms with Gasteiger partial charge in [0.05, 0.1) is 11.4 Å². The Morgan fingerprint density at radius 1 is 1.24 bits per heavy atom. The van der Waals surface area contributed by atoms with Gasteiger partial charge in [0.15, 0.2) is 0 Å². The van der Waals surface area contributed by atoms with Gasteiger partial charge in [-0.2, -0.15) is 0 Å². The lowest BCUT2D eigenvalue weighted by Crippen LogP contribution is -2.27. The fourth-order valence-electron chi connectivity index (χ4n) is 1.78. The van der Waals surface area contributed by atoms with E-state index in [0.29, 0.717) is 11.2 Å². The summed E-state index contributed by atoms with van der Waals surface area (Å²) in [4.78, 5) is 11.2. The second-order valence-electron chi connectivity index (χ2n) is 4.76. The van der Waals surface area contributed by atoms with Crippen LogP contribution in [0.2, 0.25) is 0 Å². The molecule has 1 N–H and O–H groups in total. The van der Waals surface area contributed by atoms with Crippen LogP contribution in [-0.2, 0) is 11.2 Å². The largest absolute Gasteiger partial charge is 0.349 e. The number of benzene rings is 1. The lowest BCUT2D eigenvalue weighted by Gasteiger charge is -2.14. The van der Waals surface area contributed by atoms with Gasteiger partial charge in [0.1, 0.15) is 0 Å². The average Bonchev–Trinajstić information content (AvgIpc) is 2.28. The van der Waals surface area contributed by atoms with Crippen molar-refractivity contribution in [2.75, 3.05) is 5.33 Å². The number of hydrogen-bond donors (Lipinski definition) is 1. The summed E-state index contributed by atoms with van der Waals surface area (Å²) in [5, 5.41) is 3.27. The van der Waals surface area contributed by atoms with Gasteiger partial charge in [-0.25, -0.2) is 0 Å². The number of nitrogens with one attached hydrogen (secondary N) is 1. The fourth-order valence-corrected chi connectivity index (χ4v) is 1.94. The molecule has 0 radical (unpaired) electrons. The van der Waals surface area contributed by atoms with E-state index in [1.54, 1.807) is 0 Å². The van der Waals surface area contributed by atoms with Crippen LogP contribution in [0.25, 0.3) is 0 Å². The second kappa shape index (κ2) is 6.80. The van der Waals surface area contributed by atoms with Crippen LogP contribution in [0.4, 0.5) is 0 Å². The van der Waals surface area contributed by atoms with Crippen LogP contribution in [-0.4, -0.2) is 11.2 Å². The van der Waals surface area contributed by atoms with E-state index in [4.69, 9.17) is 0 Å². The van der Waals surface area contributed by atoms with Gasteiger partial charge in [0, 0.05) is 0 Å². The number of halogens is 1. The molecular formula is C14H20BrNO. The summed E-state index contributed by atoms with van der Waals surface area (Å²) in [6.07, 6.45) is 1.10. The normalized spacial score (nSPS) is 12.5. The predicted molar refractivity (Wildman–Crippen MR) is 75.3 cm³/mol. The Balaban J connectivity index is 2.63. The standard InChI is InChI=1S/C14H20BrNO/c1-10(2)8-12-4-6-13(7-5-12)11(3)16-14(17)9-15/h4-7,10-11H,8-9H2,1-3H3,(H,16,17). The smallest absolute Gasteiger partial charge is 0.231 e. The summed E-state index contributed by atoms with van der Waals surface area (Å²) in [5.74, 6) is 0.690. The first kappa shape index (κ1) is 14.2. The molecule has 1 amide bonds. The van der Waals surface area contributed by atoms with Crippen molar-refractivity contribution in [1.82, 2.24) is 5.32 Å². The van der Waals surface area contributed by atoms with Crippen LogP contribution >= 0.6 is 15.9 Å². The summed E-state index contributed by atoms with van der Waals surface area (Å²) in [5.41, 5.74) is 2.49. The highest BCUT2D eigenvalue weighted by Gasteiger charge is 2.08. The van der Waals surface area contributed by atoms with Gasteiger partial charge < -0.3 is 5.32 Å². The van der Waals surface area contributed by atoms with Crippen molar-refractivity contribution >= 4 is 21.8 Å². The quantitative estimate of drug-likeness (QED) is 0.829. The Morgan fingerprint density at radius 3 is 2.29 bits per heavy atom. The van der Waals surface area contributed by atoms with E-state index >= 15 is 0 Å². The minimum atomic E-state index is 0.0174. The molecule has 0 aliphatic heterocycles. The van der Waals surface area contributed by atoms with Crippen molar-refractivity contribution in [3.05, 3.63) is 35.4 Å². The molecule has 1 aromatic carbocycles. The molecule has 0 spiro atoms. The lowest BCUT2D eigenvalue weighted by molar-refractivity contribution is -0.119. The second-order valence-corrected chi connectivity index (χ2v) is 5.32. The average molecular weight is 298 g/mol. The summed E-state index contributed by atoms with van der Waals surface area (Å²) in [7, 11) is 0. The topological polar surface area (TPSA) is 29.1 Å². The first-order chi connectivity index (χ1) is 8.02. The van der Waals surface area contributed by atoms with Gasteiger partial charge in [-0.05, 0) is 30.4 Å². The van der Waals surface area contributed by atoms with Crippen molar-refractivity contribution < 1.29 is 4.79 Å². The molecule has 0 aromatic heterocycles. The number of rotatable bonds is 5. The molecule has 0 saturated heterocycles. The molecular weight excluding hydrogens is 278 g/mol. The van der Waals surface area contributed by atoms with E-state index < -0.39 is 0 Å². The fraction of sp³-hybridized carbons (Fsp3) is 0.500. The highest BCUT2D eigenvalue weighted by atomic mass is 79.9. The first-order valence-electron chi connectivity index (χ1n) is 5.97. The molecule has 1 atom stereocenters.